The Balaban J connectivity index is 2.51. The maximum absolute atomic E-state index is 11.5. The van der Waals surface area contributed by atoms with Crippen molar-refractivity contribution in [2.24, 2.45) is 0 Å². The normalized spacial score (nSPS) is 20.8. The molecule has 0 N–H and O–H groups in total. The number of Topliss-reactive ketones (excluding diaryl/α,β-unsaturated/α-hetero) is 1. The summed E-state index contributed by atoms with van der Waals surface area (Å²) in [7, 11) is 0. The second kappa shape index (κ2) is 3.20. The number of hydrogen-bond donors (Lipinski definition) is 0. The lowest BCUT2D eigenvalue weighted by Gasteiger charge is -2.19. The van der Waals surface area contributed by atoms with Gasteiger partial charge < -0.3 is 4.74 Å². The third-order valence-electron chi connectivity index (χ3n) is 1.88. The summed E-state index contributed by atoms with van der Waals surface area (Å²) >= 11 is 11.5. The molecule has 0 radical (unpaired) electrons. The van der Waals surface area contributed by atoms with Crippen molar-refractivity contribution in [2.75, 3.05) is 6.61 Å². The van der Waals surface area contributed by atoms with Crippen LogP contribution in [-0.4, -0.2) is 17.8 Å². The van der Waals surface area contributed by atoms with Crippen LogP contribution in [-0.2, 0) is 0 Å². The summed E-state index contributed by atoms with van der Waals surface area (Å²) in [5, 5.41) is -0.0765. The van der Waals surface area contributed by atoms with E-state index < -0.39 is 5.38 Å². The third-order valence-corrected chi connectivity index (χ3v) is 2.44. The Morgan fingerprint density at radius 3 is 3.00 bits per heavy atom. The Morgan fingerprint density at radius 2 is 2.23 bits per heavy atom. The minimum Gasteiger partial charge on any atom is -0.491 e. The zero-order valence-corrected chi connectivity index (χ0v) is 8.10. The number of ether oxygens (including phenoxy) is 1. The minimum absolute atomic E-state index is 0.120. The second-order valence-corrected chi connectivity index (χ2v) is 3.75. The van der Waals surface area contributed by atoms with E-state index in [1.807, 2.05) is 0 Å². The molecule has 0 aromatic heterocycles. The SMILES string of the molecule is O=C1c2cc(Cl)ccc2OC[C@@H]1Cl. The van der Waals surface area contributed by atoms with E-state index in [2.05, 4.69) is 0 Å². The van der Waals surface area contributed by atoms with Gasteiger partial charge in [-0.1, -0.05) is 11.6 Å². The molecule has 13 heavy (non-hydrogen) atoms. The monoisotopic (exact) mass is 216 g/mol. The van der Waals surface area contributed by atoms with E-state index in [1.165, 1.54) is 0 Å². The highest BCUT2D eigenvalue weighted by Gasteiger charge is 2.26. The molecule has 68 valence electrons. The Bertz CT molecular complexity index is 363. The summed E-state index contributed by atoms with van der Waals surface area (Å²) in [6.07, 6.45) is 0. The lowest BCUT2D eigenvalue weighted by Crippen LogP contribution is -2.28. The van der Waals surface area contributed by atoms with Crippen LogP contribution >= 0.6 is 23.2 Å². The molecule has 1 aromatic rings. The predicted octanol–water partition coefficient (Wildman–Crippen LogP) is 2.52. The van der Waals surface area contributed by atoms with Crippen LogP contribution < -0.4 is 4.74 Å². The summed E-state index contributed by atoms with van der Waals surface area (Å²) in [6, 6.07) is 4.94. The van der Waals surface area contributed by atoms with Crippen LogP contribution in [0.1, 0.15) is 10.4 Å². The molecule has 1 aliphatic rings. The summed E-state index contributed by atoms with van der Waals surface area (Å²) in [4.78, 5) is 11.5. The van der Waals surface area contributed by atoms with Gasteiger partial charge in [-0.2, -0.15) is 0 Å². The van der Waals surface area contributed by atoms with Gasteiger partial charge >= 0.3 is 0 Å². The van der Waals surface area contributed by atoms with Gasteiger partial charge in [-0.3, -0.25) is 4.79 Å². The number of hydrogen-bond acceptors (Lipinski definition) is 2. The molecule has 4 heteroatoms. The van der Waals surface area contributed by atoms with E-state index in [0.717, 1.165) is 0 Å². The van der Waals surface area contributed by atoms with Crippen molar-refractivity contribution in [3.8, 4) is 5.75 Å². The predicted molar refractivity (Wildman–Crippen MR) is 50.9 cm³/mol. The van der Waals surface area contributed by atoms with E-state index in [1.54, 1.807) is 18.2 Å². The molecule has 1 aliphatic heterocycles. The van der Waals surface area contributed by atoms with Crippen molar-refractivity contribution >= 4 is 29.0 Å². The molecule has 1 aromatic carbocycles. The highest BCUT2D eigenvalue weighted by atomic mass is 35.5. The second-order valence-electron chi connectivity index (χ2n) is 2.78. The number of ketones is 1. The van der Waals surface area contributed by atoms with Gasteiger partial charge in [-0.25, -0.2) is 0 Å². The fraction of sp³-hybridized carbons (Fsp3) is 0.222. The first-order valence-corrected chi connectivity index (χ1v) is 4.60. The van der Waals surface area contributed by atoms with E-state index in [9.17, 15) is 4.79 Å². The van der Waals surface area contributed by atoms with Crippen molar-refractivity contribution in [1.29, 1.82) is 0 Å². The van der Waals surface area contributed by atoms with Gasteiger partial charge in [0, 0.05) is 5.02 Å². The third kappa shape index (κ3) is 1.52. The quantitative estimate of drug-likeness (QED) is 0.624. The Hall–Kier alpha value is -0.730. The van der Waals surface area contributed by atoms with Crippen molar-refractivity contribution in [1.82, 2.24) is 0 Å². The topological polar surface area (TPSA) is 26.3 Å². The summed E-state index contributed by atoms with van der Waals surface area (Å²) in [6.45, 7) is 0.231. The number of carbonyl (C=O) groups is 1. The summed E-state index contributed by atoms with van der Waals surface area (Å²) in [5.74, 6) is 0.441. The lowest BCUT2D eigenvalue weighted by molar-refractivity contribution is 0.0939. The largest absolute Gasteiger partial charge is 0.491 e. The van der Waals surface area contributed by atoms with Crippen LogP contribution in [0.5, 0.6) is 5.75 Å². The number of halogens is 2. The van der Waals surface area contributed by atoms with Crippen molar-refractivity contribution < 1.29 is 9.53 Å². The van der Waals surface area contributed by atoms with Crippen LogP contribution in [0.15, 0.2) is 18.2 Å². The Labute approximate surface area is 85.4 Å². The van der Waals surface area contributed by atoms with Gasteiger partial charge in [0.05, 0.1) is 5.56 Å². The lowest BCUT2D eigenvalue weighted by atomic mass is 10.1. The van der Waals surface area contributed by atoms with E-state index in [0.29, 0.717) is 16.3 Å². The molecular formula is C9H6Cl2O2. The maximum atomic E-state index is 11.5. The number of benzene rings is 1. The van der Waals surface area contributed by atoms with Gasteiger partial charge in [0.2, 0.25) is 0 Å². The molecule has 0 aliphatic carbocycles. The Kier molecular flexibility index (Phi) is 2.18. The molecule has 0 fully saturated rings. The zero-order chi connectivity index (χ0) is 9.42. The molecule has 1 atom stereocenters. The molecule has 0 saturated carbocycles. The average Bonchev–Trinajstić information content (AvgIpc) is 2.12. The molecule has 0 spiro atoms. The fourth-order valence-electron chi connectivity index (χ4n) is 1.23. The molecular weight excluding hydrogens is 211 g/mol. The fourth-order valence-corrected chi connectivity index (χ4v) is 1.58. The Morgan fingerprint density at radius 1 is 1.46 bits per heavy atom. The summed E-state index contributed by atoms with van der Waals surface area (Å²) < 4.78 is 5.25. The molecule has 0 amide bonds. The molecule has 0 unspecified atom stereocenters. The smallest absolute Gasteiger partial charge is 0.187 e. The van der Waals surface area contributed by atoms with Gasteiger partial charge in [0.1, 0.15) is 17.7 Å². The van der Waals surface area contributed by atoms with Crippen LogP contribution in [0.2, 0.25) is 5.02 Å². The first-order valence-electron chi connectivity index (χ1n) is 3.79. The van der Waals surface area contributed by atoms with Gasteiger partial charge in [-0.15, -0.1) is 11.6 Å². The zero-order valence-electron chi connectivity index (χ0n) is 6.59. The molecule has 0 saturated heterocycles. The van der Waals surface area contributed by atoms with E-state index in [4.69, 9.17) is 27.9 Å². The maximum Gasteiger partial charge on any atom is 0.187 e. The minimum atomic E-state index is -0.592. The average molecular weight is 217 g/mol. The number of alkyl halides is 1. The standard InChI is InChI=1S/C9H6Cl2O2/c10-5-1-2-8-6(3-5)9(12)7(11)4-13-8/h1-3,7H,4H2/t7-/m0/s1. The highest BCUT2D eigenvalue weighted by molar-refractivity contribution is 6.35. The van der Waals surface area contributed by atoms with Crippen LogP contribution in [0, 0.1) is 0 Å². The van der Waals surface area contributed by atoms with Crippen molar-refractivity contribution in [2.45, 2.75) is 5.38 Å². The van der Waals surface area contributed by atoms with Crippen LogP contribution in [0.25, 0.3) is 0 Å². The first kappa shape index (κ1) is 8.85. The number of rotatable bonds is 0. The van der Waals surface area contributed by atoms with Gasteiger partial charge in [-0.05, 0) is 18.2 Å². The first-order chi connectivity index (χ1) is 6.18. The van der Waals surface area contributed by atoms with Crippen LogP contribution in [0.4, 0.5) is 0 Å². The van der Waals surface area contributed by atoms with Gasteiger partial charge in [0.15, 0.2) is 5.78 Å². The molecule has 2 rings (SSSR count). The van der Waals surface area contributed by atoms with Crippen molar-refractivity contribution in [3.05, 3.63) is 28.8 Å². The van der Waals surface area contributed by atoms with Gasteiger partial charge in [0.25, 0.3) is 0 Å². The number of fused-ring (bicyclic) bond motifs is 1. The molecule has 2 nitrogen and oxygen atoms in total. The van der Waals surface area contributed by atoms with Crippen molar-refractivity contribution in [3.63, 3.8) is 0 Å². The highest BCUT2D eigenvalue weighted by Crippen LogP contribution is 2.28. The summed E-state index contributed by atoms with van der Waals surface area (Å²) in [5.41, 5.74) is 0.471. The van der Waals surface area contributed by atoms with Crippen LogP contribution in [0.3, 0.4) is 0 Å². The number of carbonyl (C=O) groups excluding carboxylic acids is 1. The molecule has 1 heterocycles. The van der Waals surface area contributed by atoms with E-state index >= 15 is 0 Å². The van der Waals surface area contributed by atoms with E-state index in [-0.39, 0.29) is 12.4 Å². The molecule has 0 bridgehead atoms.